The van der Waals surface area contributed by atoms with Gasteiger partial charge in [-0.25, -0.2) is 4.98 Å². The minimum Gasteiger partial charge on any atom is -0.466 e. The summed E-state index contributed by atoms with van der Waals surface area (Å²) in [5, 5.41) is 0.748. The van der Waals surface area contributed by atoms with Crippen LogP contribution in [0.1, 0.15) is 36.6 Å². The molecule has 0 spiro atoms. The summed E-state index contributed by atoms with van der Waals surface area (Å²) in [5.41, 5.74) is 2.01. The molecule has 0 saturated heterocycles. The number of thiophene rings is 1. The minimum atomic E-state index is -0.296. The normalized spacial score (nSPS) is 13.5. The molecule has 1 aromatic carbocycles. The molecule has 0 unspecified atom stereocenters. The van der Waals surface area contributed by atoms with Gasteiger partial charge in [-0.1, -0.05) is 30.3 Å². The molecule has 0 radical (unpaired) electrons. The second-order valence-electron chi connectivity index (χ2n) is 6.70. The van der Waals surface area contributed by atoms with Gasteiger partial charge < -0.3 is 4.74 Å². The Hall–Kier alpha value is -2.47. The number of esters is 1. The number of aromatic nitrogens is 2. The van der Waals surface area contributed by atoms with Crippen molar-refractivity contribution in [3.05, 3.63) is 51.1 Å². The van der Waals surface area contributed by atoms with Gasteiger partial charge in [0.15, 0.2) is 0 Å². The van der Waals surface area contributed by atoms with Gasteiger partial charge in [-0.05, 0) is 38.2 Å². The molecule has 0 atom stereocenters. The first-order valence-electron chi connectivity index (χ1n) is 9.45. The number of nitrogens with zero attached hydrogens (tertiary/aromatic N) is 2. The Morgan fingerprint density at radius 3 is 2.78 bits per heavy atom. The first-order valence-corrected chi connectivity index (χ1v) is 10.3. The maximum Gasteiger partial charge on any atom is 0.307 e. The van der Waals surface area contributed by atoms with Crippen LogP contribution in [0.5, 0.6) is 0 Å². The lowest BCUT2D eigenvalue weighted by atomic mass is 9.97. The molecule has 5 nitrogen and oxygen atoms in total. The van der Waals surface area contributed by atoms with Crippen molar-refractivity contribution in [1.29, 1.82) is 0 Å². The number of carbonyl (C=O) groups excluding carboxylic acids is 1. The molecule has 0 bridgehead atoms. The Labute approximate surface area is 161 Å². The average molecular weight is 382 g/mol. The lowest BCUT2D eigenvalue weighted by molar-refractivity contribution is -0.143. The fraction of sp³-hybridized carbons (Fsp3) is 0.381. The quantitative estimate of drug-likeness (QED) is 0.627. The third kappa shape index (κ3) is 3.41. The van der Waals surface area contributed by atoms with E-state index < -0.39 is 0 Å². The number of hydrogen-bond donors (Lipinski definition) is 0. The molecule has 2 aromatic heterocycles. The zero-order chi connectivity index (χ0) is 18.8. The summed E-state index contributed by atoms with van der Waals surface area (Å²) in [6.07, 6.45) is 4.41. The highest BCUT2D eigenvalue weighted by Gasteiger charge is 2.22. The molecular weight excluding hydrogens is 360 g/mol. The van der Waals surface area contributed by atoms with E-state index in [0.717, 1.165) is 35.0 Å². The van der Waals surface area contributed by atoms with Crippen molar-refractivity contribution in [2.75, 3.05) is 6.61 Å². The summed E-state index contributed by atoms with van der Waals surface area (Å²) in [6.45, 7) is 2.40. The maximum atomic E-state index is 13.4. The van der Waals surface area contributed by atoms with Crippen molar-refractivity contribution in [2.24, 2.45) is 0 Å². The minimum absolute atomic E-state index is 0.0393. The SMILES string of the molecule is CCOC(=O)CCn1c(-c2ccccc2)nc2sc3c(c2c1=O)CCCC3. The summed E-state index contributed by atoms with van der Waals surface area (Å²) >= 11 is 1.65. The van der Waals surface area contributed by atoms with Crippen molar-refractivity contribution in [3.8, 4) is 11.4 Å². The first kappa shape index (κ1) is 17.9. The topological polar surface area (TPSA) is 61.2 Å². The van der Waals surface area contributed by atoms with Gasteiger partial charge in [0.1, 0.15) is 10.7 Å². The predicted octanol–water partition coefficient (Wildman–Crippen LogP) is 3.96. The van der Waals surface area contributed by atoms with Crippen LogP contribution in [0.4, 0.5) is 0 Å². The van der Waals surface area contributed by atoms with Crippen LogP contribution < -0.4 is 5.56 Å². The molecule has 140 valence electrons. The van der Waals surface area contributed by atoms with Gasteiger partial charge in [-0.3, -0.25) is 14.2 Å². The Balaban J connectivity index is 1.87. The molecular formula is C21H22N2O3S. The molecule has 0 N–H and O–H groups in total. The molecule has 6 heteroatoms. The molecule has 3 aromatic rings. The van der Waals surface area contributed by atoms with Gasteiger partial charge in [-0.15, -0.1) is 11.3 Å². The van der Waals surface area contributed by atoms with Gasteiger partial charge in [0, 0.05) is 17.0 Å². The Morgan fingerprint density at radius 1 is 1.22 bits per heavy atom. The van der Waals surface area contributed by atoms with Crippen molar-refractivity contribution in [3.63, 3.8) is 0 Å². The van der Waals surface area contributed by atoms with Gasteiger partial charge in [0.25, 0.3) is 5.56 Å². The standard InChI is InChI=1S/C21H22N2O3S/c1-2-26-17(24)12-13-23-19(14-8-4-3-5-9-14)22-20-18(21(23)25)15-10-6-7-11-16(15)27-20/h3-5,8-9H,2,6-7,10-13H2,1H3. The first-order chi connectivity index (χ1) is 13.2. The van der Waals surface area contributed by atoms with Gasteiger partial charge in [0.2, 0.25) is 0 Å². The van der Waals surface area contributed by atoms with Crippen LogP contribution in [0.3, 0.4) is 0 Å². The molecule has 4 rings (SSSR count). The highest BCUT2D eigenvalue weighted by molar-refractivity contribution is 7.18. The molecule has 1 aliphatic rings. The molecule has 27 heavy (non-hydrogen) atoms. The van der Waals surface area contributed by atoms with E-state index in [-0.39, 0.29) is 24.5 Å². The Bertz CT molecular complexity index is 1040. The van der Waals surface area contributed by atoms with E-state index in [2.05, 4.69) is 0 Å². The van der Waals surface area contributed by atoms with Crippen molar-refractivity contribution in [1.82, 2.24) is 9.55 Å². The largest absolute Gasteiger partial charge is 0.466 e. The number of rotatable bonds is 5. The number of carbonyl (C=O) groups is 1. The lowest BCUT2D eigenvalue weighted by Gasteiger charge is -2.14. The molecule has 0 saturated carbocycles. The van der Waals surface area contributed by atoms with E-state index in [1.165, 1.54) is 16.9 Å². The summed E-state index contributed by atoms with van der Waals surface area (Å²) in [7, 11) is 0. The summed E-state index contributed by atoms with van der Waals surface area (Å²) in [4.78, 5) is 32.2. The van der Waals surface area contributed by atoms with Crippen LogP contribution in [0.2, 0.25) is 0 Å². The fourth-order valence-corrected chi connectivity index (χ4v) is 4.94. The van der Waals surface area contributed by atoms with Crippen LogP contribution in [-0.2, 0) is 28.9 Å². The molecule has 0 amide bonds. The van der Waals surface area contributed by atoms with Crippen LogP contribution in [0.15, 0.2) is 35.1 Å². The van der Waals surface area contributed by atoms with Crippen molar-refractivity contribution in [2.45, 2.75) is 45.6 Å². The van der Waals surface area contributed by atoms with E-state index >= 15 is 0 Å². The van der Waals surface area contributed by atoms with E-state index in [4.69, 9.17) is 9.72 Å². The summed E-state index contributed by atoms with van der Waals surface area (Å²) in [5.74, 6) is 0.326. The zero-order valence-electron chi connectivity index (χ0n) is 15.4. The zero-order valence-corrected chi connectivity index (χ0v) is 16.2. The second-order valence-corrected chi connectivity index (χ2v) is 7.79. The van der Waals surface area contributed by atoms with Gasteiger partial charge >= 0.3 is 5.97 Å². The van der Waals surface area contributed by atoms with Crippen LogP contribution in [0.25, 0.3) is 21.6 Å². The van der Waals surface area contributed by atoms with E-state index in [1.807, 2.05) is 30.3 Å². The van der Waals surface area contributed by atoms with Crippen LogP contribution in [-0.4, -0.2) is 22.1 Å². The highest BCUT2D eigenvalue weighted by Crippen LogP contribution is 2.34. The molecule has 2 heterocycles. The highest BCUT2D eigenvalue weighted by atomic mass is 32.1. The molecule has 0 fully saturated rings. The van der Waals surface area contributed by atoms with E-state index in [0.29, 0.717) is 12.4 Å². The third-order valence-corrected chi connectivity index (χ3v) is 6.14. The second kappa shape index (κ2) is 7.64. The van der Waals surface area contributed by atoms with E-state index in [9.17, 15) is 9.59 Å². The molecule has 0 aliphatic heterocycles. The van der Waals surface area contributed by atoms with Crippen LogP contribution in [0, 0.1) is 0 Å². The van der Waals surface area contributed by atoms with Gasteiger partial charge in [-0.2, -0.15) is 0 Å². The van der Waals surface area contributed by atoms with E-state index in [1.54, 1.807) is 22.8 Å². The maximum absolute atomic E-state index is 13.4. The average Bonchev–Trinajstić information content (AvgIpc) is 3.06. The lowest BCUT2D eigenvalue weighted by Crippen LogP contribution is -2.25. The number of aryl methyl sites for hydroxylation is 2. The Morgan fingerprint density at radius 2 is 2.00 bits per heavy atom. The third-order valence-electron chi connectivity index (χ3n) is 4.95. The predicted molar refractivity (Wildman–Crippen MR) is 107 cm³/mol. The van der Waals surface area contributed by atoms with Gasteiger partial charge in [0.05, 0.1) is 18.4 Å². The summed E-state index contributed by atoms with van der Waals surface area (Å²) < 4.78 is 6.69. The summed E-state index contributed by atoms with van der Waals surface area (Å²) in [6, 6.07) is 9.69. The smallest absolute Gasteiger partial charge is 0.307 e. The number of hydrogen-bond acceptors (Lipinski definition) is 5. The Kier molecular flexibility index (Phi) is 5.07. The van der Waals surface area contributed by atoms with Crippen molar-refractivity contribution < 1.29 is 9.53 Å². The van der Waals surface area contributed by atoms with Crippen molar-refractivity contribution >= 4 is 27.5 Å². The number of fused-ring (bicyclic) bond motifs is 3. The monoisotopic (exact) mass is 382 g/mol. The number of benzene rings is 1. The number of ether oxygens (including phenoxy) is 1. The van der Waals surface area contributed by atoms with Crippen LogP contribution >= 0.6 is 11.3 Å². The fourth-order valence-electron chi connectivity index (χ4n) is 3.69. The molecule has 1 aliphatic carbocycles.